The summed E-state index contributed by atoms with van der Waals surface area (Å²) in [4.78, 5) is 39.1. The Hall–Kier alpha value is -3.58. The second-order valence-electron chi connectivity index (χ2n) is 8.30. The van der Waals surface area contributed by atoms with E-state index in [-0.39, 0.29) is 17.6 Å². The summed E-state index contributed by atoms with van der Waals surface area (Å²) in [5.41, 5.74) is 2.67. The Balaban J connectivity index is 1.82. The molecule has 0 aliphatic rings. The van der Waals surface area contributed by atoms with E-state index >= 15 is 0 Å². The molecular formula is C29H31NO5S. The van der Waals surface area contributed by atoms with Crippen LogP contribution in [0.25, 0.3) is 0 Å². The molecule has 0 bridgehead atoms. The van der Waals surface area contributed by atoms with Crippen LogP contribution in [-0.2, 0) is 32.1 Å². The third-order valence-corrected chi connectivity index (χ3v) is 6.60. The lowest BCUT2D eigenvalue weighted by molar-refractivity contribution is -0.140. The molecule has 7 heteroatoms. The topological polar surface area (TPSA) is 72.9 Å². The summed E-state index contributed by atoms with van der Waals surface area (Å²) < 4.78 is 10.8. The van der Waals surface area contributed by atoms with Crippen molar-refractivity contribution in [3.63, 3.8) is 0 Å². The van der Waals surface area contributed by atoms with Crippen LogP contribution >= 0.6 is 11.8 Å². The van der Waals surface area contributed by atoms with Gasteiger partial charge in [0.15, 0.2) is 5.12 Å². The van der Waals surface area contributed by atoms with Crippen LogP contribution in [0.2, 0.25) is 0 Å². The van der Waals surface area contributed by atoms with Gasteiger partial charge in [-0.3, -0.25) is 14.4 Å². The van der Waals surface area contributed by atoms with E-state index < -0.39 is 11.9 Å². The zero-order valence-electron chi connectivity index (χ0n) is 20.6. The van der Waals surface area contributed by atoms with Crippen molar-refractivity contribution in [1.29, 1.82) is 0 Å². The minimum atomic E-state index is -0.528. The number of rotatable bonds is 12. The third kappa shape index (κ3) is 8.57. The zero-order chi connectivity index (χ0) is 25.8. The molecule has 6 nitrogen and oxygen atoms in total. The standard InChI is InChI=1S/C29H31NO5S/c1-22(31)36-21-25(17-16-23-10-5-3-6-11-23)29(33)30(19-28(32)34-2)26-14-9-15-27(18-26)35-20-24-12-7-4-8-13-24/h3-15,18,25H,16-17,19-21H2,1-2H3. The van der Waals surface area contributed by atoms with Gasteiger partial charge in [0.1, 0.15) is 18.9 Å². The third-order valence-electron chi connectivity index (χ3n) is 5.62. The van der Waals surface area contributed by atoms with Crippen molar-refractivity contribution in [2.24, 2.45) is 5.92 Å². The largest absolute Gasteiger partial charge is 0.489 e. The fourth-order valence-electron chi connectivity index (χ4n) is 3.67. The highest BCUT2D eigenvalue weighted by atomic mass is 32.2. The molecule has 3 aromatic carbocycles. The molecular weight excluding hydrogens is 474 g/mol. The molecule has 1 amide bonds. The molecule has 0 spiro atoms. The average molecular weight is 506 g/mol. The van der Waals surface area contributed by atoms with Gasteiger partial charge in [0.2, 0.25) is 5.91 Å². The van der Waals surface area contributed by atoms with Crippen molar-refractivity contribution in [1.82, 2.24) is 0 Å². The quantitative estimate of drug-likeness (QED) is 0.311. The van der Waals surface area contributed by atoms with Crippen LogP contribution < -0.4 is 9.64 Å². The fraction of sp³-hybridized carbons (Fsp3) is 0.276. The lowest BCUT2D eigenvalue weighted by Crippen LogP contribution is -2.41. The maximum absolute atomic E-state index is 13.8. The van der Waals surface area contributed by atoms with Gasteiger partial charge in [-0.15, -0.1) is 0 Å². The Labute approximate surface area is 216 Å². The number of ether oxygens (including phenoxy) is 2. The first kappa shape index (κ1) is 27.0. The Morgan fingerprint density at radius 2 is 1.56 bits per heavy atom. The van der Waals surface area contributed by atoms with Crippen molar-refractivity contribution < 1.29 is 23.9 Å². The number of carbonyl (C=O) groups excluding carboxylic acids is 3. The number of methoxy groups -OCH3 is 1. The predicted octanol–water partition coefficient (Wildman–Crippen LogP) is 5.30. The lowest BCUT2D eigenvalue weighted by atomic mass is 9.99. The maximum Gasteiger partial charge on any atom is 0.325 e. The molecule has 0 saturated carbocycles. The van der Waals surface area contributed by atoms with Crippen molar-refractivity contribution in [2.45, 2.75) is 26.4 Å². The van der Waals surface area contributed by atoms with Crippen LogP contribution in [0, 0.1) is 5.92 Å². The molecule has 188 valence electrons. The van der Waals surface area contributed by atoms with Crippen molar-refractivity contribution in [3.8, 4) is 5.75 Å². The summed E-state index contributed by atoms with van der Waals surface area (Å²) in [6, 6.07) is 26.8. The highest BCUT2D eigenvalue weighted by molar-refractivity contribution is 8.13. The van der Waals surface area contributed by atoms with Gasteiger partial charge in [0, 0.05) is 30.3 Å². The van der Waals surface area contributed by atoms with E-state index in [1.807, 2.05) is 66.7 Å². The number of aryl methyl sites for hydroxylation is 1. The van der Waals surface area contributed by atoms with Gasteiger partial charge < -0.3 is 14.4 Å². The minimum Gasteiger partial charge on any atom is -0.489 e. The first-order valence-corrected chi connectivity index (χ1v) is 12.8. The minimum absolute atomic E-state index is 0.0525. The number of amides is 1. The van der Waals surface area contributed by atoms with E-state index in [1.54, 1.807) is 18.2 Å². The molecule has 0 aromatic heterocycles. The van der Waals surface area contributed by atoms with Gasteiger partial charge in [0.25, 0.3) is 0 Å². The number of carbonyl (C=O) groups is 3. The number of hydrogen-bond donors (Lipinski definition) is 0. The van der Waals surface area contributed by atoms with Gasteiger partial charge in [-0.05, 0) is 36.1 Å². The molecule has 1 unspecified atom stereocenters. The van der Waals surface area contributed by atoms with Gasteiger partial charge >= 0.3 is 5.97 Å². The van der Waals surface area contributed by atoms with Crippen LogP contribution in [0.3, 0.4) is 0 Å². The first-order valence-electron chi connectivity index (χ1n) is 11.8. The van der Waals surface area contributed by atoms with Crippen molar-refractivity contribution in [3.05, 3.63) is 96.1 Å². The van der Waals surface area contributed by atoms with Gasteiger partial charge in [-0.1, -0.05) is 78.5 Å². The molecule has 0 heterocycles. The normalized spacial score (nSPS) is 11.4. The van der Waals surface area contributed by atoms with Gasteiger partial charge in [0.05, 0.1) is 7.11 Å². The number of thioether (sulfide) groups is 1. The lowest BCUT2D eigenvalue weighted by Gasteiger charge is -2.27. The molecule has 3 aromatic rings. The SMILES string of the molecule is COC(=O)CN(C(=O)C(CCc1ccccc1)CSC(C)=O)c1cccc(OCc2ccccc2)c1. The second-order valence-corrected chi connectivity index (χ2v) is 9.49. The Bertz CT molecular complexity index is 1140. The fourth-order valence-corrected chi connectivity index (χ4v) is 4.42. The Morgan fingerprint density at radius 1 is 0.889 bits per heavy atom. The molecule has 0 fully saturated rings. The summed E-state index contributed by atoms with van der Waals surface area (Å²) in [5, 5.41) is -0.0525. The van der Waals surface area contributed by atoms with E-state index in [9.17, 15) is 14.4 Å². The number of esters is 1. The summed E-state index contributed by atoms with van der Waals surface area (Å²) in [7, 11) is 1.29. The Kier molecular flexibility index (Phi) is 10.6. The van der Waals surface area contributed by atoms with Crippen LogP contribution in [0.5, 0.6) is 5.75 Å². The highest BCUT2D eigenvalue weighted by Gasteiger charge is 2.28. The molecule has 0 saturated heterocycles. The first-order chi connectivity index (χ1) is 17.5. The number of anilines is 1. The molecule has 36 heavy (non-hydrogen) atoms. The molecule has 0 radical (unpaired) electrons. The summed E-state index contributed by atoms with van der Waals surface area (Å²) >= 11 is 1.12. The van der Waals surface area contributed by atoms with Gasteiger partial charge in [-0.2, -0.15) is 0 Å². The van der Waals surface area contributed by atoms with E-state index in [0.717, 1.165) is 22.9 Å². The second kappa shape index (κ2) is 14.1. The van der Waals surface area contributed by atoms with E-state index in [2.05, 4.69) is 0 Å². The van der Waals surface area contributed by atoms with Gasteiger partial charge in [-0.25, -0.2) is 0 Å². The molecule has 3 rings (SSSR count). The van der Waals surface area contributed by atoms with Crippen LogP contribution in [0.4, 0.5) is 5.69 Å². The van der Waals surface area contributed by atoms with Crippen LogP contribution in [0.1, 0.15) is 24.5 Å². The maximum atomic E-state index is 13.8. The smallest absolute Gasteiger partial charge is 0.325 e. The van der Waals surface area contributed by atoms with Crippen molar-refractivity contribution >= 4 is 34.4 Å². The highest BCUT2D eigenvalue weighted by Crippen LogP contribution is 2.26. The molecule has 0 aliphatic heterocycles. The van der Waals surface area contributed by atoms with Crippen LogP contribution in [-0.4, -0.2) is 36.4 Å². The zero-order valence-corrected chi connectivity index (χ0v) is 21.4. The van der Waals surface area contributed by atoms with E-state index in [1.165, 1.54) is 18.9 Å². The Morgan fingerprint density at radius 3 is 2.19 bits per heavy atom. The number of nitrogens with zero attached hydrogens (tertiary/aromatic N) is 1. The number of benzene rings is 3. The average Bonchev–Trinajstić information content (AvgIpc) is 2.91. The summed E-state index contributed by atoms with van der Waals surface area (Å²) in [5.74, 6) is -0.302. The molecule has 1 atom stereocenters. The van der Waals surface area contributed by atoms with E-state index in [0.29, 0.717) is 36.6 Å². The van der Waals surface area contributed by atoms with E-state index in [4.69, 9.17) is 9.47 Å². The van der Waals surface area contributed by atoms with Crippen LogP contribution in [0.15, 0.2) is 84.9 Å². The van der Waals surface area contributed by atoms with Crippen molar-refractivity contribution in [2.75, 3.05) is 24.3 Å². The summed E-state index contributed by atoms with van der Waals surface area (Å²) in [6.45, 7) is 1.64. The predicted molar refractivity (Wildman–Crippen MR) is 143 cm³/mol. The number of hydrogen-bond acceptors (Lipinski definition) is 6. The summed E-state index contributed by atoms with van der Waals surface area (Å²) in [6.07, 6.45) is 1.23. The molecule has 0 N–H and O–H groups in total. The monoisotopic (exact) mass is 505 g/mol. The molecule has 0 aliphatic carbocycles.